The van der Waals surface area contributed by atoms with Gasteiger partial charge < -0.3 is 4.74 Å². The van der Waals surface area contributed by atoms with E-state index in [0.717, 1.165) is 32.3 Å². The summed E-state index contributed by atoms with van der Waals surface area (Å²) >= 11 is 0. The Morgan fingerprint density at radius 1 is 1.28 bits per heavy atom. The summed E-state index contributed by atoms with van der Waals surface area (Å²) in [4.78, 5) is 0. The van der Waals surface area contributed by atoms with Crippen LogP contribution < -0.4 is 5.14 Å². The Labute approximate surface area is 105 Å². The van der Waals surface area contributed by atoms with Crippen LogP contribution in [0.4, 0.5) is 0 Å². The maximum Gasteiger partial charge on any atom is 0.273 e. The molecule has 0 aromatic carbocycles. The highest BCUT2D eigenvalue weighted by Crippen LogP contribution is 2.39. The molecule has 0 bridgehead atoms. The summed E-state index contributed by atoms with van der Waals surface area (Å²) in [6.45, 7) is 1.34. The first-order chi connectivity index (χ1) is 8.57. The summed E-state index contributed by atoms with van der Waals surface area (Å²) in [7, 11) is -3.81. The number of sulfonamides is 1. The van der Waals surface area contributed by atoms with E-state index < -0.39 is 10.0 Å². The molecule has 0 radical (unpaired) electrons. The lowest BCUT2D eigenvalue weighted by molar-refractivity contribution is 0.0767. The van der Waals surface area contributed by atoms with Crippen LogP contribution in [0.1, 0.15) is 43.5 Å². The van der Waals surface area contributed by atoms with E-state index in [1.165, 1.54) is 0 Å². The van der Waals surface area contributed by atoms with E-state index in [0.29, 0.717) is 12.4 Å². The third-order valence-corrected chi connectivity index (χ3v) is 4.17. The van der Waals surface area contributed by atoms with E-state index in [2.05, 4.69) is 10.2 Å². The largest absolute Gasteiger partial charge is 0.381 e. The molecule has 3 rings (SSSR count). The van der Waals surface area contributed by atoms with Gasteiger partial charge in [-0.15, -0.1) is 10.2 Å². The van der Waals surface area contributed by atoms with Gasteiger partial charge in [0, 0.05) is 18.6 Å². The van der Waals surface area contributed by atoms with Crippen LogP contribution in [-0.4, -0.2) is 36.4 Å². The predicted octanol–water partition coefficient (Wildman–Crippen LogP) is 0.154. The van der Waals surface area contributed by atoms with Crippen LogP contribution in [0.2, 0.25) is 0 Å². The number of primary sulfonamides is 1. The lowest BCUT2D eigenvalue weighted by Gasteiger charge is -2.22. The Balaban J connectivity index is 2.01. The maximum absolute atomic E-state index is 11.5. The Kier molecular flexibility index (Phi) is 2.87. The van der Waals surface area contributed by atoms with E-state index in [4.69, 9.17) is 9.88 Å². The molecule has 2 N–H and O–H groups in total. The maximum atomic E-state index is 11.5. The van der Waals surface area contributed by atoms with Crippen molar-refractivity contribution in [2.24, 2.45) is 5.14 Å². The first-order valence-corrected chi connectivity index (χ1v) is 7.67. The molecule has 1 unspecified atom stereocenters. The van der Waals surface area contributed by atoms with Crippen molar-refractivity contribution in [3.05, 3.63) is 5.82 Å². The van der Waals surface area contributed by atoms with Crippen LogP contribution >= 0.6 is 0 Å². The van der Waals surface area contributed by atoms with Crippen molar-refractivity contribution in [3.8, 4) is 0 Å². The van der Waals surface area contributed by atoms with E-state index >= 15 is 0 Å². The van der Waals surface area contributed by atoms with Crippen LogP contribution in [0.3, 0.4) is 0 Å². The third-order valence-electron chi connectivity index (χ3n) is 3.38. The van der Waals surface area contributed by atoms with Gasteiger partial charge in [-0.25, -0.2) is 13.6 Å². The van der Waals surface area contributed by atoms with Gasteiger partial charge in [-0.1, -0.05) is 0 Å². The minimum absolute atomic E-state index is 0.106. The van der Waals surface area contributed by atoms with Gasteiger partial charge in [-0.2, -0.15) is 0 Å². The van der Waals surface area contributed by atoms with Gasteiger partial charge in [-0.3, -0.25) is 4.57 Å². The zero-order valence-electron chi connectivity index (χ0n) is 9.95. The molecular formula is C10H16N4O3S. The molecule has 1 aliphatic carbocycles. The minimum Gasteiger partial charge on any atom is -0.381 e. The topological polar surface area (TPSA) is 100 Å². The van der Waals surface area contributed by atoms with Gasteiger partial charge >= 0.3 is 0 Å². The van der Waals surface area contributed by atoms with Gasteiger partial charge in [-0.05, 0) is 25.7 Å². The molecule has 1 aliphatic heterocycles. The number of hydrogen-bond acceptors (Lipinski definition) is 5. The molecule has 8 heteroatoms. The van der Waals surface area contributed by atoms with Crippen LogP contribution in [0, 0.1) is 0 Å². The Morgan fingerprint density at radius 3 is 2.61 bits per heavy atom. The van der Waals surface area contributed by atoms with Crippen LogP contribution in [0.25, 0.3) is 0 Å². The molecule has 1 atom stereocenters. The third kappa shape index (κ3) is 2.15. The lowest BCUT2D eigenvalue weighted by Crippen LogP contribution is -2.22. The average molecular weight is 272 g/mol. The normalized spacial score (nSPS) is 25.3. The summed E-state index contributed by atoms with van der Waals surface area (Å²) < 4.78 is 30.1. The molecule has 0 spiro atoms. The smallest absolute Gasteiger partial charge is 0.273 e. The second-order valence-corrected chi connectivity index (χ2v) is 6.36. The fourth-order valence-electron chi connectivity index (χ4n) is 2.38. The van der Waals surface area contributed by atoms with E-state index in [9.17, 15) is 8.42 Å². The zero-order valence-corrected chi connectivity index (χ0v) is 10.8. The van der Waals surface area contributed by atoms with E-state index in [1.807, 2.05) is 0 Å². The highest BCUT2D eigenvalue weighted by atomic mass is 32.2. The van der Waals surface area contributed by atoms with Crippen molar-refractivity contribution in [2.75, 3.05) is 13.2 Å². The van der Waals surface area contributed by atoms with Crippen LogP contribution in [0.5, 0.6) is 0 Å². The highest BCUT2D eigenvalue weighted by Gasteiger charge is 2.35. The number of nitrogens with two attached hydrogens (primary N) is 1. The quantitative estimate of drug-likeness (QED) is 0.844. The molecule has 100 valence electrons. The molecule has 1 aromatic rings. The van der Waals surface area contributed by atoms with Gasteiger partial charge in [0.25, 0.3) is 15.2 Å². The SMILES string of the molecule is NS(=O)(=O)c1nnc(C2CCCOC2)n1C1CC1. The number of rotatable bonds is 3. The number of nitrogens with zero attached hydrogens (tertiary/aromatic N) is 3. The van der Waals surface area contributed by atoms with Crippen molar-refractivity contribution in [2.45, 2.75) is 42.8 Å². The highest BCUT2D eigenvalue weighted by molar-refractivity contribution is 7.89. The van der Waals surface area contributed by atoms with Crippen molar-refractivity contribution >= 4 is 10.0 Å². The molecule has 1 saturated carbocycles. The van der Waals surface area contributed by atoms with Gasteiger partial charge in [0.1, 0.15) is 5.82 Å². The fraction of sp³-hybridized carbons (Fsp3) is 0.800. The van der Waals surface area contributed by atoms with Crippen molar-refractivity contribution in [1.82, 2.24) is 14.8 Å². The molecule has 2 heterocycles. The molecule has 2 aliphatic rings. The molecule has 7 nitrogen and oxygen atoms in total. The standard InChI is InChI=1S/C10H16N4O3S/c11-18(15,16)10-13-12-9(14(10)8-3-4-8)7-2-1-5-17-6-7/h7-8H,1-6H2,(H2,11,15,16). The van der Waals surface area contributed by atoms with Crippen molar-refractivity contribution in [1.29, 1.82) is 0 Å². The summed E-state index contributed by atoms with van der Waals surface area (Å²) in [5, 5.41) is 12.9. The summed E-state index contributed by atoms with van der Waals surface area (Å²) in [6, 6.07) is 0.185. The Hall–Kier alpha value is -0.990. The first kappa shape index (κ1) is 12.1. The first-order valence-electron chi connectivity index (χ1n) is 6.12. The molecular weight excluding hydrogens is 256 g/mol. The Morgan fingerprint density at radius 2 is 2.06 bits per heavy atom. The Bertz CT molecular complexity index is 543. The summed E-state index contributed by atoms with van der Waals surface area (Å²) in [6.07, 6.45) is 3.84. The summed E-state index contributed by atoms with van der Waals surface area (Å²) in [5.41, 5.74) is 0. The average Bonchev–Trinajstić information content (AvgIpc) is 3.07. The number of ether oxygens (including phenoxy) is 1. The van der Waals surface area contributed by atoms with Crippen LogP contribution in [0.15, 0.2) is 5.16 Å². The van der Waals surface area contributed by atoms with E-state index in [-0.39, 0.29) is 17.1 Å². The van der Waals surface area contributed by atoms with Gasteiger partial charge in [0.05, 0.1) is 6.61 Å². The van der Waals surface area contributed by atoms with Crippen molar-refractivity contribution in [3.63, 3.8) is 0 Å². The van der Waals surface area contributed by atoms with Crippen molar-refractivity contribution < 1.29 is 13.2 Å². The zero-order chi connectivity index (χ0) is 12.8. The predicted molar refractivity (Wildman–Crippen MR) is 62.5 cm³/mol. The second-order valence-electron chi connectivity index (χ2n) is 4.90. The molecule has 0 amide bonds. The van der Waals surface area contributed by atoms with Crippen LogP contribution in [-0.2, 0) is 14.8 Å². The molecule has 18 heavy (non-hydrogen) atoms. The number of hydrogen-bond donors (Lipinski definition) is 1. The minimum atomic E-state index is -3.81. The lowest BCUT2D eigenvalue weighted by atomic mass is 10.0. The monoisotopic (exact) mass is 272 g/mol. The summed E-state index contributed by atoms with van der Waals surface area (Å²) in [5.74, 6) is 0.837. The van der Waals surface area contributed by atoms with Gasteiger partial charge in [0.2, 0.25) is 0 Å². The second kappa shape index (κ2) is 4.29. The van der Waals surface area contributed by atoms with E-state index in [1.54, 1.807) is 4.57 Å². The fourth-order valence-corrected chi connectivity index (χ4v) is 3.05. The molecule has 1 saturated heterocycles. The molecule has 2 fully saturated rings. The van der Waals surface area contributed by atoms with Gasteiger partial charge in [0.15, 0.2) is 0 Å². The molecule has 1 aromatic heterocycles. The number of aromatic nitrogens is 3.